The van der Waals surface area contributed by atoms with E-state index in [4.69, 9.17) is 19.3 Å². The molecule has 1 atom stereocenters. The van der Waals surface area contributed by atoms with Crippen LogP contribution in [0, 0.1) is 5.92 Å². The summed E-state index contributed by atoms with van der Waals surface area (Å²) < 4.78 is 16.5. The van der Waals surface area contributed by atoms with E-state index in [-0.39, 0.29) is 6.61 Å². The highest BCUT2D eigenvalue weighted by atomic mass is 16.6. The third-order valence-corrected chi connectivity index (χ3v) is 3.33. The molecule has 112 valence electrons. The van der Waals surface area contributed by atoms with Gasteiger partial charge >= 0.3 is 0 Å². The van der Waals surface area contributed by atoms with E-state index >= 15 is 0 Å². The highest BCUT2D eigenvalue weighted by molar-refractivity contribution is 5.54. The Kier molecular flexibility index (Phi) is 5.49. The highest BCUT2D eigenvalue weighted by Gasteiger charge is 2.18. The molecular formula is C15H23NO4. The molecule has 1 unspecified atom stereocenters. The third kappa shape index (κ3) is 3.77. The molecule has 1 heterocycles. The van der Waals surface area contributed by atoms with E-state index in [0.29, 0.717) is 30.6 Å². The highest BCUT2D eigenvalue weighted by Crippen LogP contribution is 2.40. The number of aliphatic hydroxyl groups excluding tert-OH is 1. The number of hydrogen-bond donors (Lipinski definition) is 2. The quantitative estimate of drug-likeness (QED) is 0.794. The Hall–Kier alpha value is -1.46. The maximum absolute atomic E-state index is 8.88. The minimum atomic E-state index is 0.237. The summed E-state index contributed by atoms with van der Waals surface area (Å²) in [7, 11) is 1.63. The van der Waals surface area contributed by atoms with Gasteiger partial charge in [-0.25, -0.2) is 0 Å². The predicted molar refractivity (Wildman–Crippen MR) is 76.6 cm³/mol. The number of rotatable bonds is 7. The van der Waals surface area contributed by atoms with Gasteiger partial charge < -0.3 is 24.6 Å². The SMILES string of the molecule is COc1cc(CNCC(C)CCO)cc2c1OCCO2. The van der Waals surface area contributed by atoms with Crippen LogP contribution in [0.15, 0.2) is 12.1 Å². The molecule has 5 nitrogen and oxygen atoms in total. The minimum absolute atomic E-state index is 0.237. The summed E-state index contributed by atoms with van der Waals surface area (Å²) in [6, 6.07) is 3.96. The largest absolute Gasteiger partial charge is 0.493 e. The summed E-state index contributed by atoms with van der Waals surface area (Å²) in [4.78, 5) is 0. The second-order valence-corrected chi connectivity index (χ2v) is 5.07. The van der Waals surface area contributed by atoms with Crippen LogP contribution in [0.1, 0.15) is 18.9 Å². The number of hydrogen-bond acceptors (Lipinski definition) is 5. The fourth-order valence-corrected chi connectivity index (χ4v) is 2.21. The van der Waals surface area contributed by atoms with Crippen molar-refractivity contribution in [3.05, 3.63) is 17.7 Å². The molecule has 2 N–H and O–H groups in total. The lowest BCUT2D eigenvalue weighted by Crippen LogP contribution is -2.22. The Morgan fingerprint density at radius 2 is 2.15 bits per heavy atom. The lowest BCUT2D eigenvalue weighted by molar-refractivity contribution is 0.165. The monoisotopic (exact) mass is 281 g/mol. The molecule has 1 aliphatic heterocycles. The normalized spacial score (nSPS) is 14.9. The number of benzene rings is 1. The number of aliphatic hydroxyl groups is 1. The summed E-state index contributed by atoms with van der Waals surface area (Å²) in [5.41, 5.74) is 1.10. The zero-order chi connectivity index (χ0) is 14.4. The number of fused-ring (bicyclic) bond motifs is 1. The van der Waals surface area contributed by atoms with Gasteiger partial charge in [-0.3, -0.25) is 0 Å². The molecule has 1 aromatic carbocycles. The first kappa shape index (κ1) is 14.9. The van der Waals surface area contributed by atoms with Gasteiger partial charge in [-0.05, 0) is 36.6 Å². The average Bonchev–Trinajstić information content (AvgIpc) is 2.46. The molecule has 0 amide bonds. The summed E-state index contributed by atoms with van der Waals surface area (Å²) in [5, 5.41) is 12.3. The Morgan fingerprint density at radius 3 is 2.90 bits per heavy atom. The van der Waals surface area contributed by atoms with Crippen LogP contribution < -0.4 is 19.5 Å². The van der Waals surface area contributed by atoms with Crippen LogP contribution in [-0.4, -0.2) is 38.6 Å². The van der Waals surface area contributed by atoms with E-state index in [1.807, 2.05) is 12.1 Å². The van der Waals surface area contributed by atoms with E-state index in [1.54, 1.807) is 7.11 Å². The van der Waals surface area contributed by atoms with Crippen molar-refractivity contribution in [3.63, 3.8) is 0 Å². The molecule has 0 radical (unpaired) electrons. The molecule has 0 saturated carbocycles. The minimum Gasteiger partial charge on any atom is -0.493 e. The molecule has 20 heavy (non-hydrogen) atoms. The van der Waals surface area contributed by atoms with Gasteiger partial charge in [-0.1, -0.05) is 6.92 Å². The van der Waals surface area contributed by atoms with E-state index < -0.39 is 0 Å². The standard InChI is InChI=1S/C15H23NO4/c1-11(3-4-17)9-16-10-12-7-13(18-2)15-14(8-12)19-5-6-20-15/h7-8,11,16-17H,3-6,9-10H2,1-2H3. The second kappa shape index (κ2) is 7.36. The fourth-order valence-electron chi connectivity index (χ4n) is 2.21. The maximum atomic E-state index is 8.88. The number of nitrogens with one attached hydrogen (secondary N) is 1. The molecule has 2 rings (SSSR count). The number of methoxy groups -OCH3 is 1. The van der Waals surface area contributed by atoms with Crippen LogP contribution in [0.4, 0.5) is 0 Å². The molecule has 5 heteroatoms. The van der Waals surface area contributed by atoms with Gasteiger partial charge in [-0.15, -0.1) is 0 Å². The van der Waals surface area contributed by atoms with E-state index in [2.05, 4.69) is 12.2 Å². The van der Waals surface area contributed by atoms with Gasteiger partial charge in [0.15, 0.2) is 11.5 Å². The van der Waals surface area contributed by atoms with Crippen LogP contribution in [0.5, 0.6) is 17.2 Å². The smallest absolute Gasteiger partial charge is 0.203 e. The van der Waals surface area contributed by atoms with Crippen molar-refractivity contribution in [2.75, 3.05) is 33.5 Å². The maximum Gasteiger partial charge on any atom is 0.203 e. The van der Waals surface area contributed by atoms with E-state index in [9.17, 15) is 0 Å². The third-order valence-electron chi connectivity index (χ3n) is 3.33. The molecule has 0 aromatic heterocycles. The van der Waals surface area contributed by atoms with Crippen LogP contribution in [0.25, 0.3) is 0 Å². The van der Waals surface area contributed by atoms with Gasteiger partial charge in [0.05, 0.1) is 7.11 Å². The molecule has 0 spiro atoms. The lowest BCUT2D eigenvalue weighted by atomic mass is 10.1. The summed E-state index contributed by atoms with van der Waals surface area (Å²) >= 11 is 0. The zero-order valence-corrected chi connectivity index (χ0v) is 12.1. The van der Waals surface area contributed by atoms with Crippen LogP contribution in [-0.2, 0) is 6.54 Å². The molecule has 0 bridgehead atoms. The first-order valence-corrected chi connectivity index (χ1v) is 7.02. The van der Waals surface area contributed by atoms with Crippen LogP contribution in [0.2, 0.25) is 0 Å². The van der Waals surface area contributed by atoms with Gasteiger partial charge in [0.2, 0.25) is 5.75 Å². The zero-order valence-electron chi connectivity index (χ0n) is 12.1. The van der Waals surface area contributed by atoms with E-state index in [1.165, 1.54) is 0 Å². The molecule has 0 fully saturated rings. The van der Waals surface area contributed by atoms with Gasteiger partial charge in [0.1, 0.15) is 13.2 Å². The summed E-state index contributed by atoms with van der Waals surface area (Å²) in [6.45, 7) is 5.09. The van der Waals surface area contributed by atoms with Crippen molar-refractivity contribution in [2.45, 2.75) is 19.9 Å². The van der Waals surface area contributed by atoms with Gasteiger partial charge in [0.25, 0.3) is 0 Å². The molecule has 1 aliphatic rings. The topological polar surface area (TPSA) is 60.0 Å². The predicted octanol–water partition coefficient (Wildman–Crippen LogP) is 1.57. The van der Waals surface area contributed by atoms with Crippen molar-refractivity contribution in [1.82, 2.24) is 5.32 Å². The fraction of sp³-hybridized carbons (Fsp3) is 0.600. The first-order chi connectivity index (χ1) is 9.74. The Balaban J connectivity index is 1.98. The van der Waals surface area contributed by atoms with E-state index in [0.717, 1.165) is 30.8 Å². The summed E-state index contributed by atoms with van der Waals surface area (Å²) in [5.74, 6) is 2.61. The van der Waals surface area contributed by atoms with Gasteiger partial charge in [-0.2, -0.15) is 0 Å². The first-order valence-electron chi connectivity index (χ1n) is 7.02. The summed E-state index contributed by atoms with van der Waals surface area (Å²) in [6.07, 6.45) is 0.817. The van der Waals surface area contributed by atoms with Crippen molar-refractivity contribution < 1.29 is 19.3 Å². The van der Waals surface area contributed by atoms with Crippen molar-refractivity contribution >= 4 is 0 Å². The second-order valence-electron chi connectivity index (χ2n) is 5.07. The average molecular weight is 281 g/mol. The van der Waals surface area contributed by atoms with Crippen molar-refractivity contribution in [2.24, 2.45) is 5.92 Å². The van der Waals surface area contributed by atoms with Crippen LogP contribution >= 0.6 is 0 Å². The Labute approximate surface area is 119 Å². The molecular weight excluding hydrogens is 258 g/mol. The van der Waals surface area contributed by atoms with Crippen LogP contribution in [0.3, 0.4) is 0 Å². The lowest BCUT2D eigenvalue weighted by Gasteiger charge is -2.21. The Bertz CT molecular complexity index is 419. The number of ether oxygens (including phenoxy) is 3. The molecule has 1 aromatic rings. The van der Waals surface area contributed by atoms with Gasteiger partial charge in [0, 0.05) is 13.2 Å². The Morgan fingerprint density at radius 1 is 1.35 bits per heavy atom. The molecule has 0 aliphatic carbocycles. The van der Waals surface area contributed by atoms with Crippen molar-refractivity contribution in [3.8, 4) is 17.2 Å². The molecule has 0 saturated heterocycles. The van der Waals surface area contributed by atoms with Crippen molar-refractivity contribution in [1.29, 1.82) is 0 Å².